The molecule has 3 amide bonds. The zero-order chi connectivity index (χ0) is 15.1. The molecule has 5 nitrogen and oxygen atoms in total. The van der Waals surface area contributed by atoms with Crippen LogP contribution in [0.2, 0.25) is 0 Å². The monoisotopic (exact) mass is 290 g/mol. The smallest absolute Gasteiger partial charge is 0.233 e. The highest BCUT2D eigenvalue weighted by Gasteiger charge is 2.59. The molecule has 0 radical (unpaired) electrons. The molecule has 0 spiro atoms. The van der Waals surface area contributed by atoms with Crippen molar-refractivity contribution in [3.8, 4) is 0 Å². The molecule has 0 N–H and O–H groups in total. The number of hydrogen-bond acceptors (Lipinski definition) is 3. The van der Waals surface area contributed by atoms with Crippen LogP contribution in [0.3, 0.4) is 0 Å². The van der Waals surface area contributed by atoms with Crippen LogP contribution in [-0.4, -0.2) is 47.2 Å². The molecule has 2 aliphatic carbocycles. The van der Waals surface area contributed by atoms with Crippen molar-refractivity contribution in [3.05, 3.63) is 12.2 Å². The predicted octanol–water partition coefficient (Wildman–Crippen LogP) is 1.05. The summed E-state index contributed by atoms with van der Waals surface area (Å²) in [5, 5.41) is 0. The Morgan fingerprint density at radius 3 is 2.14 bits per heavy atom. The van der Waals surface area contributed by atoms with Gasteiger partial charge in [-0.25, -0.2) is 0 Å². The lowest BCUT2D eigenvalue weighted by molar-refractivity contribution is -0.141. The number of imide groups is 1. The number of rotatable bonds is 5. The van der Waals surface area contributed by atoms with Gasteiger partial charge < -0.3 is 4.90 Å². The molecule has 3 rings (SSSR count). The summed E-state index contributed by atoms with van der Waals surface area (Å²) < 4.78 is 0. The number of likely N-dealkylation sites (tertiary alicyclic amines) is 1. The molecule has 1 aliphatic heterocycles. The summed E-state index contributed by atoms with van der Waals surface area (Å²) in [7, 11) is 0. The molecule has 1 saturated carbocycles. The SMILES string of the molecule is CCN(CC)C(=O)CCN1C(=O)[C@@H]2[C@@H](C1=O)[C@H]1C=C[C@@H]2C1. The molecule has 21 heavy (non-hydrogen) atoms. The molecule has 3 aliphatic rings. The molecule has 2 bridgehead atoms. The van der Waals surface area contributed by atoms with E-state index in [-0.39, 0.29) is 54.4 Å². The summed E-state index contributed by atoms with van der Waals surface area (Å²) >= 11 is 0. The Labute approximate surface area is 125 Å². The molecular formula is C16H22N2O3. The first kappa shape index (κ1) is 14.3. The number of nitrogens with zero attached hydrogens (tertiary/aromatic N) is 2. The van der Waals surface area contributed by atoms with E-state index in [0.717, 1.165) is 6.42 Å². The van der Waals surface area contributed by atoms with Gasteiger partial charge in [-0.05, 0) is 32.1 Å². The van der Waals surface area contributed by atoms with Gasteiger partial charge in [0.25, 0.3) is 0 Å². The van der Waals surface area contributed by atoms with E-state index in [1.54, 1.807) is 4.90 Å². The first-order chi connectivity index (χ1) is 10.1. The highest BCUT2D eigenvalue weighted by Crippen LogP contribution is 2.52. The topological polar surface area (TPSA) is 57.7 Å². The standard InChI is InChI=1S/C16H22N2O3/c1-3-17(4-2)12(19)7-8-18-15(20)13-10-5-6-11(9-10)14(13)16(18)21/h5-6,10-11,13-14H,3-4,7-9H2,1-2H3/t10-,11+,13-,14-/m0/s1. The summed E-state index contributed by atoms with van der Waals surface area (Å²) in [6.07, 6.45) is 5.35. The second-order valence-corrected chi connectivity index (χ2v) is 6.14. The fourth-order valence-corrected chi connectivity index (χ4v) is 4.13. The number of allylic oxidation sites excluding steroid dienone is 2. The lowest BCUT2D eigenvalue weighted by Gasteiger charge is -2.21. The minimum Gasteiger partial charge on any atom is -0.343 e. The summed E-state index contributed by atoms with van der Waals surface area (Å²) in [6, 6.07) is 0. The van der Waals surface area contributed by atoms with Gasteiger partial charge in [-0.2, -0.15) is 0 Å². The van der Waals surface area contributed by atoms with Crippen LogP contribution in [0.4, 0.5) is 0 Å². The van der Waals surface area contributed by atoms with Crippen LogP contribution in [-0.2, 0) is 14.4 Å². The average molecular weight is 290 g/mol. The Kier molecular flexibility index (Phi) is 3.59. The van der Waals surface area contributed by atoms with E-state index in [1.807, 2.05) is 13.8 Å². The van der Waals surface area contributed by atoms with Crippen LogP contribution in [0.15, 0.2) is 12.2 Å². The lowest BCUT2D eigenvalue weighted by Crippen LogP contribution is -2.38. The number of fused-ring (bicyclic) bond motifs is 5. The van der Waals surface area contributed by atoms with E-state index in [1.165, 1.54) is 4.90 Å². The van der Waals surface area contributed by atoms with Gasteiger partial charge in [0, 0.05) is 26.1 Å². The molecular weight excluding hydrogens is 268 g/mol. The van der Waals surface area contributed by atoms with Gasteiger partial charge in [0.1, 0.15) is 0 Å². The van der Waals surface area contributed by atoms with E-state index in [2.05, 4.69) is 12.2 Å². The molecule has 5 heteroatoms. The van der Waals surface area contributed by atoms with Gasteiger partial charge in [0.15, 0.2) is 0 Å². The number of carbonyl (C=O) groups excluding carboxylic acids is 3. The van der Waals surface area contributed by atoms with Crippen molar-refractivity contribution in [2.75, 3.05) is 19.6 Å². The maximum absolute atomic E-state index is 12.5. The summed E-state index contributed by atoms with van der Waals surface area (Å²) in [6.45, 7) is 5.43. The van der Waals surface area contributed by atoms with E-state index < -0.39 is 0 Å². The number of hydrogen-bond donors (Lipinski definition) is 0. The highest BCUT2D eigenvalue weighted by atomic mass is 16.2. The summed E-state index contributed by atoms with van der Waals surface area (Å²) in [4.78, 5) is 40.0. The molecule has 0 unspecified atom stereocenters. The molecule has 114 valence electrons. The van der Waals surface area contributed by atoms with E-state index >= 15 is 0 Å². The predicted molar refractivity (Wildman–Crippen MR) is 77.0 cm³/mol. The van der Waals surface area contributed by atoms with Gasteiger partial charge in [0.05, 0.1) is 11.8 Å². The fraction of sp³-hybridized carbons (Fsp3) is 0.688. The molecule has 4 atom stereocenters. The van der Waals surface area contributed by atoms with Crippen LogP contribution in [0.25, 0.3) is 0 Å². The van der Waals surface area contributed by atoms with Crippen molar-refractivity contribution in [1.29, 1.82) is 0 Å². The van der Waals surface area contributed by atoms with Crippen LogP contribution >= 0.6 is 0 Å². The van der Waals surface area contributed by atoms with E-state index in [0.29, 0.717) is 13.1 Å². The third-order valence-corrected chi connectivity index (χ3v) is 5.23. The largest absolute Gasteiger partial charge is 0.343 e. The van der Waals surface area contributed by atoms with Gasteiger partial charge in [-0.3, -0.25) is 19.3 Å². The fourth-order valence-electron chi connectivity index (χ4n) is 4.13. The van der Waals surface area contributed by atoms with Crippen molar-refractivity contribution >= 4 is 17.7 Å². The normalized spacial score (nSPS) is 33.0. The molecule has 1 heterocycles. The third kappa shape index (κ3) is 2.10. The first-order valence-corrected chi connectivity index (χ1v) is 7.89. The second kappa shape index (κ2) is 5.28. The molecule has 2 fully saturated rings. The maximum atomic E-state index is 12.5. The van der Waals surface area contributed by atoms with Crippen molar-refractivity contribution in [2.45, 2.75) is 26.7 Å². The average Bonchev–Trinajstić information content (AvgIpc) is 3.13. The Bertz CT molecular complexity index is 480. The molecule has 0 aromatic heterocycles. The summed E-state index contributed by atoms with van der Waals surface area (Å²) in [5.41, 5.74) is 0. The third-order valence-electron chi connectivity index (χ3n) is 5.23. The van der Waals surface area contributed by atoms with Gasteiger partial charge in [-0.1, -0.05) is 12.2 Å². The highest BCUT2D eigenvalue weighted by molar-refractivity contribution is 6.06. The quantitative estimate of drug-likeness (QED) is 0.562. The Hall–Kier alpha value is -1.65. The lowest BCUT2D eigenvalue weighted by atomic mass is 9.85. The van der Waals surface area contributed by atoms with Gasteiger partial charge in [0.2, 0.25) is 17.7 Å². The van der Waals surface area contributed by atoms with Crippen LogP contribution in [0, 0.1) is 23.7 Å². The van der Waals surface area contributed by atoms with Crippen LogP contribution in [0.1, 0.15) is 26.7 Å². The first-order valence-electron chi connectivity index (χ1n) is 7.89. The molecule has 0 aromatic rings. The van der Waals surface area contributed by atoms with E-state index in [4.69, 9.17) is 0 Å². The number of carbonyl (C=O) groups is 3. The minimum atomic E-state index is -0.156. The van der Waals surface area contributed by atoms with Crippen molar-refractivity contribution in [1.82, 2.24) is 9.80 Å². The maximum Gasteiger partial charge on any atom is 0.233 e. The number of amides is 3. The zero-order valence-corrected chi connectivity index (χ0v) is 12.6. The molecule has 1 saturated heterocycles. The Balaban J connectivity index is 1.64. The van der Waals surface area contributed by atoms with Crippen LogP contribution < -0.4 is 0 Å². The van der Waals surface area contributed by atoms with Crippen molar-refractivity contribution in [3.63, 3.8) is 0 Å². The van der Waals surface area contributed by atoms with Crippen molar-refractivity contribution < 1.29 is 14.4 Å². The van der Waals surface area contributed by atoms with Crippen molar-refractivity contribution in [2.24, 2.45) is 23.7 Å². The second-order valence-electron chi connectivity index (χ2n) is 6.14. The Morgan fingerprint density at radius 2 is 1.67 bits per heavy atom. The van der Waals surface area contributed by atoms with E-state index in [9.17, 15) is 14.4 Å². The van der Waals surface area contributed by atoms with Gasteiger partial charge in [-0.15, -0.1) is 0 Å². The Morgan fingerprint density at radius 1 is 1.14 bits per heavy atom. The van der Waals surface area contributed by atoms with Crippen LogP contribution in [0.5, 0.6) is 0 Å². The molecule has 0 aromatic carbocycles. The zero-order valence-electron chi connectivity index (χ0n) is 12.6. The van der Waals surface area contributed by atoms with Gasteiger partial charge >= 0.3 is 0 Å². The summed E-state index contributed by atoms with van der Waals surface area (Å²) in [5.74, 6) is 0.0501. The minimum absolute atomic E-state index is 0.0127.